The van der Waals surface area contributed by atoms with Gasteiger partial charge in [-0.1, -0.05) is 24.3 Å². The molecule has 1 N–H and O–H groups in total. The van der Waals surface area contributed by atoms with Gasteiger partial charge in [-0.05, 0) is 37.3 Å². The molecule has 1 fully saturated rings. The molecular weight excluding hydrogens is 264 g/mol. The molecule has 1 amide bonds. The molecule has 0 aromatic heterocycles. The highest BCUT2D eigenvalue weighted by atomic mass is 16.3. The summed E-state index contributed by atoms with van der Waals surface area (Å²) < 4.78 is 0. The number of aliphatic hydroxyl groups is 1. The Labute approximate surface area is 126 Å². The third-order valence-corrected chi connectivity index (χ3v) is 4.94. The number of carbonyl (C=O) groups excluding carboxylic acids is 1. The van der Waals surface area contributed by atoms with Gasteiger partial charge in [-0.15, -0.1) is 0 Å². The SMILES string of the molecule is CC(C(=O)N1CCCC1CO)N1CCc2ccccc2C1. The number of rotatable bonds is 3. The Kier molecular flexibility index (Phi) is 4.27. The predicted molar refractivity (Wildman–Crippen MR) is 81.8 cm³/mol. The van der Waals surface area contributed by atoms with Crippen LogP contribution in [0.25, 0.3) is 0 Å². The van der Waals surface area contributed by atoms with E-state index in [-0.39, 0.29) is 24.6 Å². The molecule has 0 bridgehead atoms. The molecule has 0 aliphatic carbocycles. The van der Waals surface area contributed by atoms with Gasteiger partial charge in [-0.2, -0.15) is 0 Å². The molecule has 2 atom stereocenters. The second kappa shape index (κ2) is 6.16. The lowest BCUT2D eigenvalue weighted by atomic mass is 9.98. The topological polar surface area (TPSA) is 43.8 Å². The van der Waals surface area contributed by atoms with E-state index < -0.39 is 0 Å². The number of amides is 1. The van der Waals surface area contributed by atoms with Crippen LogP contribution in [0.3, 0.4) is 0 Å². The summed E-state index contributed by atoms with van der Waals surface area (Å²) in [7, 11) is 0. The molecule has 1 saturated heterocycles. The van der Waals surface area contributed by atoms with Crippen molar-refractivity contribution in [3.8, 4) is 0 Å². The number of nitrogens with zero attached hydrogens (tertiary/aromatic N) is 2. The van der Waals surface area contributed by atoms with Crippen molar-refractivity contribution in [2.75, 3.05) is 19.7 Å². The van der Waals surface area contributed by atoms with Crippen LogP contribution in [0.15, 0.2) is 24.3 Å². The molecule has 21 heavy (non-hydrogen) atoms. The summed E-state index contributed by atoms with van der Waals surface area (Å²) in [6.07, 6.45) is 2.95. The smallest absolute Gasteiger partial charge is 0.239 e. The van der Waals surface area contributed by atoms with E-state index in [0.29, 0.717) is 0 Å². The number of carbonyl (C=O) groups is 1. The first kappa shape index (κ1) is 14.5. The summed E-state index contributed by atoms with van der Waals surface area (Å²) >= 11 is 0. The van der Waals surface area contributed by atoms with Crippen LogP contribution in [0.1, 0.15) is 30.9 Å². The molecule has 0 spiro atoms. The summed E-state index contributed by atoms with van der Waals surface area (Å²) in [6, 6.07) is 8.41. The van der Waals surface area contributed by atoms with Crippen LogP contribution < -0.4 is 0 Å². The van der Waals surface area contributed by atoms with Gasteiger partial charge in [0.2, 0.25) is 5.91 Å². The maximum absolute atomic E-state index is 12.7. The zero-order valence-corrected chi connectivity index (χ0v) is 12.7. The minimum Gasteiger partial charge on any atom is -0.394 e. The van der Waals surface area contributed by atoms with Gasteiger partial charge in [-0.3, -0.25) is 9.69 Å². The third kappa shape index (κ3) is 2.83. The van der Waals surface area contributed by atoms with E-state index in [0.717, 1.165) is 38.9 Å². The summed E-state index contributed by atoms with van der Waals surface area (Å²) in [6.45, 7) is 4.66. The lowest BCUT2D eigenvalue weighted by molar-refractivity contribution is -0.138. The fourth-order valence-corrected chi connectivity index (χ4v) is 3.56. The van der Waals surface area contributed by atoms with Crippen molar-refractivity contribution in [3.63, 3.8) is 0 Å². The molecule has 1 aromatic carbocycles. The second-order valence-corrected chi connectivity index (χ2v) is 6.18. The number of fused-ring (bicyclic) bond motifs is 1. The first-order valence-electron chi connectivity index (χ1n) is 7.93. The second-order valence-electron chi connectivity index (χ2n) is 6.18. The molecule has 4 nitrogen and oxygen atoms in total. The van der Waals surface area contributed by atoms with Crippen LogP contribution in [0.4, 0.5) is 0 Å². The maximum Gasteiger partial charge on any atom is 0.239 e. The third-order valence-electron chi connectivity index (χ3n) is 4.94. The van der Waals surface area contributed by atoms with E-state index in [4.69, 9.17) is 0 Å². The highest BCUT2D eigenvalue weighted by Crippen LogP contribution is 2.23. The van der Waals surface area contributed by atoms with Crippen LogP contribution in [-0.4, -0.2) is 52.6 Å². The van der Waals surface area contributed by atoms with Gasteiger partial charge in [-0.25, -0.2) is 0 Å². The van der Waals surface area contributed by atoms with Crippen LogP contribution in [0.5, 0.6) is 0 Å². The number of hydrogen-bond donors (Lipinski definition) is 1. The molecule has 1 aromatic rings. The minimum absolute atomic E-state index is 0.0250. The summed E-state index contributed by atoms with van der Waals surface area (Å²) in [5, 5.41) is 9.40. The van der Waals surface area contributed by atoms with Gasteiger partial charge in [0.15, 0.2) is 0 Å². The molecule has 3 rings (SSSR count). The van der Waals surface area contributed by atoms with E-state index in [2.05, 4.69) is 29.2 Å². The average Bonchev–Trinajstić information content (AvgIpc) is 3.01. The maximum atomic E-state index is 12.7. The van der Waals surface area contributed by atoms with E-state index in [1.807, 2.05) is 11.8 Å². The Morgan fingerprint density at radius 2 is 2.10 bits per heavy atom. The van der Waals surface area contributed by atoms with Crippen LogP contribution in [0.2, 0.25) is 0 Å². The molecule has 2 unspecified atom stereocenters. The zero-order chi connectivity index (χ0) is 14.8. The molecule has 2 aliphatic rings. The molecule has 2 heterocycles. The highest BCUT2D eigenvalue weighted by molar-refractivity contribution is 5.82. The highest BCUT2D eigenvalue weighted by Gasteiger charge is 2.34. The van der Waals surface area contributed by atoms with Crippen molar-refractivity contribution in [3.05, 3.63) is 35.4 Å². The van der Waals surface area contributed by atoms with Crippen molar-refractivity contribution < 1.29 is 9.90 Å². The number of likely N-dealkylation sites (tertiary alicyclic amines) is 1. The monoisotopic (exact) mass is 288 g/mol. The van der Waals surface area contributed by atoms with Gasteiger partial charge in [0, 0.05) is 19.6 Å². The summed E-state index contributed by atoms with van der Waals surface area (Å²) in [4.78, 5) is 16.8. The molecular formula is C17H24N2O2. The van der Waals surface area contributed by atoms with Gasteiger partial charge in [0.1, 0.15) is 0 Å². The lowest BCUT2D eigenvalue weighted by Gasteiger charge is -2.36. The van der Waals surface area contributed by atoms with Gasteiger partial charge in [0.25, 0.3) is 0 Å². The Hall–Kier alpha value is -1.39. The van der Waals surface area contributed by atoms with E-state index >= 15 is 0 Å². The van der Waals surface area contributed by atoms with E-state index in [1.165, 1.54) is 11.1 Å². The fourth-order valence-electron chi connectivity index (χ4n) is 3.56. The van der Waals surface area contributed by atoms with Crippen LogP contribution in [-0.2, 0) is 17.8 Å². The van der Waals surface area contributed by atoms with Crippen molar-refractivity contribution in [2.45, 2.75) is 44.8 Å². The Bertz CT molecular complexity index is 517. The fraction of sp³-hybridized carbons (Fsp3) is 0.588. The molecule has 0 saturated carbocycles. The van der Waals surface area contributed by atoms with Crippen molar-refractivity contribution in [1.29, 1.82) is 0 Å². The predicted octanol–water partition coefficient (Wildman–Crippen LogP) is 1.42. The summed E-state index contributed by atoms with van der Waals surface area (Å²) in [5.74, 6) is 0.172. The number of aliphatic hydroxyl groups excluding tert-OH is 1. The quantitative estimate of drug-likeness (QED) is 0.915. The largest absolute Gasteiger partial charge is 0.394 e. The lowest BCUT2D eigenvalue weighted by Crippen LogP contribution is -2.50. The minimum atomic E-state index is -0.106. The first-order chi connectivity index (χ1) is 10.2. The standard InChI is InChI=1S/C17H24N2O2/c1-13(17(21)19-9-4-7-16(19)12-20)18-10-8-14-5-2-3-6-15(14)11-18/h2-3,5-6,13,16,20H,4,7-12H2,1H3. The Morgan fingerprint density at radius 3 is 2.86 bits per heavy atom. The average molecular weight is 288 g/mol. The molecule has 0 radical (unpaired) electrons. The number of hydrogen-bond acceptors (Lipinski definition) is 3. The summed E-state index contributed by atoms with van der Waals surface area (Å²) in [5.41, 5.74) is 2.74. The number of benzene rings is 1. The Balaban J connectivity index is 1.68. The Morgan fingerprint density at radius 1 is 1.33 bits per heavy atom. The normalized spacial score (nSPS) is 23.9. The molecule has 114 valence electrons. The van der Waals surface area contributed by atoms with Crippen molar-refractivity contribution in [2.24, 2.45) is 0 Å². The molecule has 4 heteroatoms. The van der Waals surface area contributed by atoms with E-state index in [9.17, 15) is 9.90 Å². The van der Waals surface area contributed by atoms with Gasteiger partial charge >= 0.3 is 0 Å². The molecule has 2 aliphatic heterocycles. The van der Waals surface area contributed by atoms with Crippen molar-refractivity contribution >= 4 is 5.91 Å². The zero-order valence-electron chi connectivity index (χ0n) is 12.7. The first-order valence-corrected chi connectivity index (χ1v) is 7.93. The van der Waals surface area contributed by atoms with Crippen molar-refractivity contribution in [1.82, 2.24) is 9.80 Å². The van der Waals surface area contributed by atoms with E-state index in [1.54, 1.807) is 0 Å². The van der Waals surface area contributed by atoms with Gasteiger partial charge in [0.05, 0.1) is 18.7 Å². The van der Waals surface area contributed by atoms with Crippen LogP contribution in [0, 0.1) is 0 Å². The van der Waals surface area contributed by atoms with Crippen LogP contribution >= 0.6 is 0 Å². The van der Waals surface area contributed by atoms with Gasteiger partial charge < -0.3 is 10.0 Å².